The zero-order valence-electron chi connectivity index (χ0n) is 20.8. The smallest absolute Gasteiger partial charge is 0.233 e. The summed E-state index contributed by atoms with van der Waals surface area (Å²) in [5.41, 5.74) is 1.03. The van der Waals surface area contributed by atoms with Crippen molar-refractivity contribution in [2.45, 2.75) is 57.9 Å². The highest BCUT2D eigenvalue weighted by Crippen LogP contribution is 2.43. The molecule has 190 valence electrons. The minimum absolute atomic E-state index is 0.110. The molecule has 0 unspecified atom stereocenters. The number of carbonyl (C=O) groups is 1. The molecule has 1 N–H and O–H groups in total. The van der Waals surface area contributed by atoms with Crippen LogP contribution in [0.15, 0.2) is 41.0 Å². The molecule has 7 heteroatoms. The van der Waals surface area contributed by atoms with Crippen LogP contribution in [-0.4, -0.2) is 56.6 Å². The van der Waals surface area contributed by atoms with E-state index in [1.54, 1.807) is 17.2 Å². The Labute approximate surface area is 208 Å². The van der Waals surface area contributed by atoms with E-state index in [1.807, 2.05) is 24.3 Å². The van der Waals surface area contributed by atoms with E-state index >= 15 is 4.39 Å². The highest BCUT2D eigenvalue weighted by Gasteiger charge is 2.46. The zero-order chi connectivity index (χ0) is 24.1. The van der Waals surface area contributed by atoms with Crippen LogP contribution in [0.1, 0.15) is 57.1 Å². The summed E-state index contributed by atoms with van der Waals surface area (Å²) in [4.78, 5) is 19.8. The molecule has 4 aliphatic rings. The van der Waals surface area contributed by atoms with Crippen molar-refractivity contribution >= 4 is 17.3 Å². The molecule has 1 amide bonds. The quantitative estimate of drug-likeness (QED) is 0.679. The molecule has 1 spiro atoms. The molecule has 2 aromatic rings. The Kier molecular flexibility index (Phi) is 7.73. The molecule has 5 heterocycles. The average Bonchev–Trinajstić information content (AvgIpc) is 3.68. The molecule has 0 aliphatic carbocycles. The third-order valence-electron chi connectivity index (χ3n) is 8.16. The van der Waals surface area contributed by atoms with E-state index in [4.69, 9.17) is 4.42 Å². The Hall–Kier alpha value is -2.38. The zero-order valence-corrected chi connectivity index (χ0v) is 20.8. The van der Waals surface area contributed by atoms with Crippen molar-refractivity contribution in [2.24, 2.45) is 5.41 Å². The first kappa shape index (κ1) is 24.3. The lowest BCUT2D eigenvalue weighted by molar-refractivity contribution is -0.133. The lowest BCUT2D eigenvalue weighted by Crippen LogP contribution is -2.53. The molecule has 35 heavy (non-hydrogen) atoms. The number of nitrogens with zero attached hydrogens (tertiary/aromatic N) is 3. The Morgan fingerprint density at radius 2 is 1.69 bits per heavy atom. The van der Waals surface area contributed by atoms with Gasteiger partial charge in [-0.15, -0.1) is 0 Å². The predicted molar refractivity (Wildman–Crippen MR) is 137 cm³/mol. The number of hydrogen-bond donors (Lipinski definition) is 1. The topological polar surface area (TPSA) is 52.0 Å². The van der Waals surface area contributed by atoms with Gasteiger partial charge in [0.25, 0.3) is 0 Å². The van der Waals surface area contributed by atoms with Gasteiger partial charge in [0.2, 0.25) is 5.91 Å². The largest absolute Gasteiger partial charge is 0.468 e. The molecule has 0 bridgehead atoms. The number of nitrogens with one attached hydrogen (secondary N) is 1. The van der Waals surface area contributed by atoms with Gasteiger partial charge in [0.05, 0.1) is 23.9 Å². The maximum atomic E-state index is 15.1. The van der Waals surface area contributed by atoms with Crippen LogP contribution < -0.4 is 15.1 Å². The second-order valence-electron chi connectivity index (χ2n) is 10.5. The second-order valence-corrected chi connectivity index (χ2v) is 10.5. The molecule has 6 nitrogen and oxygen atoms in total. The van der Waals surface area contributed by atoms with Crippen molar-refractivity contribution in [3.63, 3.8) is 0 Å². The predicted octanol–water partition coefficient (Wildman–Crippen LogP) is 4.80. The third-order valence-corrected chi connectivity index (χ3v) is 8.16. The summed E-state index contributed by atoms with van der Waals surface area (Å²) >= 11 is 0. The van der Waals surface area contributed by atoms with E-state index in [9.17, 15) is 4.79 Å². The molecule has 0 radical (unpaired) electrons. The number of rotatable bonds is 4. The summed E-state index contributed by atoms with van der Waals surface area (Å²) in [7, 11) is 0. The molecular formula is C28H39FN4O2. The summed E-state index contributed by atoms with van der Waals surface area (Å²) < 4.78 is 20.5. The number of anilines is 2. The molecule has 1 aromatic carbocycles. The summed E-state index contributed by atoms with van der Waals surface area (Å²) in [6, 6.07) is 9.30. The van der Waals surface area contributed by atoms with E-state index in [0.29, 0.717) is 12.2 Å². The Balaban J connectivity index is 0.000000453. The monoisotopic (exact) mass is 482 g/mol. The van der Waals surface area contributed by atoms with Crippen LogP contribution in [0.2, 0.25) is 0 Å². The van der Waals surface area contributed by atoms with Crippen LogP contribution in [0, 0.1) is 11.2 Å². The molecule has 4 fully saturated rings. The summed E-state index contributed by atoms with van der Waals surface area (Å²) in [5.74, 6) is 0.794. The first-order valence-electron chi connectivity index (χ1n) is 13.5. The molecule has 6 rings (SSSR count). The van der Waals surface area contributed by atoms with Crippen LogP contribution in [0.25, 0.3) is 0 Å². The molecular weight excluding hydrogens is 443 g/mol. The second kappa shape index (κ2) is 11.1. The standard InChI is InChI=1S/C24H30FN3O2.C4H9N/c25-21-17-19(27-11-1-2-12-27)6-7-22(21)28-13-4-8-24(23(28)29)9-14-26(15-10-24)18-20-5-3-16-30-20;1-2-4-5-3-1/h3,5-7,16-17H,1-2,4,8-15,18H2;5H,1-4H2. The fraction of sp³-hybridized carbons (Fsp3) is 0.607. The Morgan fingerprint density at radius 3 is 2.31 bits per heavy atom. The highest BCUT2D eigenvalue weighted by atomic mass is 19.1. The third kappa shape index (κ3) is 5.56. The van der Waals surface area contributed by atoms with E-state index < -0.39 is 0 Å². The van der Waals surface area contributed by atoms with Gasteiger partial charge in [-0.1, -0.05) is 0 Å². The van der Waals surface area contributed by atoms with Crippen LogP contribution in [0.4, 0.5) is 15.8 Å². The summed E-state index contributed by atoms with van der Waals surface area (Å²) in [6.07, 6.45) is 10.3. The van der Waals surface area contributed by atoms with Gasteiger partial charge in [-0.2, -0.15) is 0 Å². The van der Waals surface area contributed by atoms with Gasteiger partial charge in [-0.05, 0) is 108 Å². The van der Waals surface area contributed by atoms with E-state index in [2.05, 4.69) is 15.1 Å². The fourth-order valence-corrected chi connectivity index (χ4v) is 6.04. The van der Waals surface area contributed by atoms with Crippen molar-refractivity contribution < 1.29 is 13.6 Å². The van der Waals surface area contributed by atoms with Gasteiger partial charge in [0.1, 0.15) is 11.6 Å². The van der Waals surface area contributed by atoms with Gasteiger partial charge in [0, 0.05) is 25.3 Å². The number of amides is 1. The van der Waals surface area contributed by atoms with Gasteiger partial charge in [0.15, 0.2) is 0 Å². The van der Waals surface area contributed by atoms with Crippen molar-refractivity contribution in [1.29, 1.82) is 0 Å². The van der Waals surface area contributed by atoms with Crippen molar-refractivity contribution in [1.82, 2.24) is 10.2 Å². The van der Waals surface area contributed by atoms with Gasteiger partial charge in [-0.25, -0.2) is 4.39 Å². The van der Waals surface area contributed by atoms with E-state index in [-0.39, 0.29) is 17.1 Å². The Morgan fingerprint density at radius 1 is 0.914 bits per heavy atom. The van der Waals surface area contributed by atoms with Gasteiger partial charge in [-0.3, -0.25) is 9.69 Å². The summed E-state index contributed by atoms with van der Waals surface area (Å²) in [6.45, 7) is 7.61. The van der Waals surface area contributed by atoms with Crippen molar-refractivity contribution in [3.05, 3.63) is 48.2 Å². The minimum Gasteiger partial charge on any atom is -0.468 e. The maximum Gasteiger partial charge on any atom is 0.233 e. The lowest BCUT2D eigenvalue weighted by Gasteiger charge is -2.46. The maximum absolute atomic E-state index is 15.1. The molecule has 1 aromatic heterocycles. The number of halogens is 1. The normalized spacial score (nSPS) is 22.5. The van der Waals surface area contributed by atoms with Gasteiger partial charge >= 0.3 is 0 Å². The number of carbonyl (C=O) groups excluding carboxylic acids is 1. The van der Waals surface area contributed by atoms with Crippen molar-refractivity contribution in [3.8, 4) is 0 Å². The fourth-order valence-electron chi connectivity index (χ4n) is 6.04. The Bertz CT molecular complexity index is 954. The summed E-state index contributed by atoms with van der Waals surface area (Å²) in [5, 5.41) is 3.22. The van der Waals surface area contributed by atoms with Crippen LogP contribution in [0.5, 0.6) is 0 Å². The van der Waals surface area contributed by atoms with Gasteiger partial charge < -0.3 is 19.5 Å². The van der Waals surface area contributed by atoms with Crippen LogP contribution in [0.3, 0.4) is 0 Å². The number of furan rings is 1. The van der Waals surface area contributed by atoms with Crippen LogP contribution >= 0.6 is 0 Å². The minimum atomic E-state index is -0.349. The first-order valence-corrected chi connectivity index (χ1v) is 13.5. The lowest BCUT2D eigenvalue weighted by atomic mass is 9.71. The molecule has 0 atom stereocenters. The number of hydrogen-bond acceptors (Lipinski definition) is 5. The first-order chi connectivity index (χ1) is 17.1. The molecule has 0 saturated carbocycles. The number of piperidine rings is 2. The molecule has 4 aliphatic heterocycles. The highest BCUT2D eigenvalue weighted by molar-refractivity contribution is 5.98. The SMILES string of the molecule is C1CCNC1.O=C1N(c2ccc(N3CCCC3)cc2F)CCCC12CCN(Cc1ccco1)CC2. The number of benzene rings is 1. The van der Waals surface area contributed by atoms with Crippen LogP contribution in [-0.2, 0) is 11.3 Å². The molecule has 4 saturated heterocycles. The number of likely N-dealkylation sites (tertiary alicyclic amines) is 1. The van der Waals surface area contributed by atoms with E-state index in [0.717, 1.165) is 82.7 Å². The van der Waals surface area contributed by atoms with E-state index in [1.165, 1.54) is 25.9 Å². The van der Waals surface area contributed by atoms with Crippen molar-refractivity contribution in [2.75, 3.05) is 55.6 Å². The average molecular weight is 483 g/mol.